The largest absolute Gasteiger partial charge is 0.390 e. The lowest BCUT2D eigenvalue weighted by atomic mass is 9.88. The van der Waals surface area contributed by atoms with E-state index >= 15 is 0 Å². The zero-order valence-corrected chi connectivity index (χ0v) is 12.0. The van der Waals surface area contributed by atoms with Crippen LogP contribution < -0.4 is 5.73 Å². The number of alkyl halides is 3. The van der Waals surface area contributed by atoms with Crippen LogP contribution in [-0.4, -0.2) is 37.1 Å². The third kappa shape index (κ3) is 8.86. The second-order valence-electron chi connectivity index (χ2n) is 5.30. The minimum atomic E-state index is -4.21. The maximum absolute atomic E-state index is 12.0. The molecular weight excluding hydrogens is 257 g/mol. The van der Waals surface area contributed by atoms with Crippen LogP contribution >= 0.6 is 0 Å². The molecule has 1 amide bonds. The lowest BCUT2D eigenvalue weighted by molar-refractivity contribution is -0.144. The second-order valence-corrected chi connectivity index (χ2v) is 5.30. The molecule has 0 aliphatic heterocycles. The minimum absolute atomic E-state index is 0.230. The predicted octanol–water partition coefficient (Wildman–Crippen LogP) is 2.80. The normalized spacial score (nSPS) is 13.7. The summed E-state index contributed by atoms with van der Waals surface area (Å²) < 4.78 is 36.1. The van der Waals surface area contributed by atoms with E-state index in [1.165, 1.54) is 7.05 Å². The molecule has 1 atom stereocenters. The van der Waals surface area contributed by atoms with E-state index in [2.05, 4.69) is 13.8 Å². The van der Waals surface area contributed by atoms with E-state index in [0.29, 0.717) is 24.8 Å². The zero-order valence-electron chi connectivity index (χ0n) is 12.0. The molecule has 0 aliphatic rings. The molecule has 0 aromatic heterocycles. The molecule has 0 aromatic rings. The van der Waals surface area contributed by atoms with Crippen LogP contribution in [0.4, 0.5) is 13.2 Å². The van der Waals surface area contributed by atoms with E-state index in [1.54, 1.807) is 0 Å². The van der Waals surface area contributed by atoms with Gasteiger partial charge in [-0.05, 0) is 31.2 Å². The monoisotopic (exact) mass is 282 g/mol. The van der Waals surface area contributed by atoms with E-state index in [9.17, 15) is 18.0 Å². The molecule has 0 fully saturated rings. The second kappa shape index (κ2) is 8.40. The van der Waals surface area contributed by atoms with Gasteiger partial charge in [-0.25, -0.2) is 0 Å². The summed E-state index contributed by atoms with van der Waals surface area (Å²) in [5.41, 5.74) is 5.51. The molecule has 19 heavy (non-hydrogen) atoms. The van der Waals surface area contributed by atoms with Crippen LogP contribution in [0.2, 0.25) is 0 Å². The quantitative estimate of drug-likeness (QED) is 0.744. The van der Waals surface area contributed by atoms with Crippen molar-refractivity contribution < 1.29 is 18.0 Å². The summed E-state index contributed by atoms with van der Waals surface area (Å²) in [6.07, 6.45) is -3.35. The molecule has 0 saturated carbocycles. The van der Waals surface area contributed by atoms with Gasteiger partial charge in [-0.1, -0.05) is 13.8 Å². The molecule has 6 heteroatoms. The Kier molecular flexibility index (Phi) is 8.06. The van der Waals surface area contributed by atoms with Gasteiger partial charge >= 0.3 is 6.18 Å². The fourth-order valence-corrected chi connectivity index (χ4v) is 1.94. The van der Waals surface area contributed by atoms with Crippen LogP contribution in [0.3, 0.4) is 0 Å². The fraction of sp³-hybridized carbons (Fsp3) is 0.923. The Labute approximate surface area is 113 Å². The highest BCUT2D eigenvalue weighted by molar-refractivity contribution is 5.75. The van der Waals surface area contributed by atoms with Gasteiger partial charge in [0, 0.05) is 20.0 Å². The first-order valence-electron chi connectivity index (χ1n) is 6.68. The lowest BCUT2D eigenvalue weighted by Gasteiger charge is -2.22. The average molecular weight is 282 g/mol. The summed E-state index contributed by atoms with van der Waals surface area (Å²) >= 11 is 0. The number of amides is 1. The number of hydrogen-bond donors (Lipinski definition) is 1. The van der Waals surface area contributed by atoms with Crippen LogP contribution in [0.1, 0.15) is 39.5 Å². The van der Waals surface area contributed by atoms with Crippen molar-refractivity contribution in [3.05, 3.63) is 0 Å². The van der Waals surface area contributed by atoms with Gasteiger partial charge in [0.2, 0.25) is 5.91 Å². The summed E-state index contributed by atoms with van der Waals surface area (Å²) in [4.78, 5) is 12.9. The van der Waals surface area contributed by atoms with E-state index < -0.39 is 12.6 Å². The summed E-state index contributed by atoms with van der Waals surface area (Å²) in [5, 5.41) is 0. The van der Waals surface area contributed by atoms with Crippen LogP contribution in [0.5, 0.6) is 0 Å². The molecule has 3 nitrogen and oxygen atoms in total. The Morgan fingerprint density at radius 2 is 1.84 bits per heavy atom. The number of carbonyl (C=O) groups is 1. The number of rotatable bonds is 8. The molecule has 0 aromatic carbocycles. The maximum atomic E-state index is 12.0. The Morgan fingerprint density at radius 1 is 1.26 bits per heavy atom. The highest BCUT2D eigenvalue weighted by Gasteiger charge is 2.28. The first kappa shape index (κ1) is 18.2. The molecule has 2 N–H and O–H groups in total. The molecule has 0 aliphatic carbocycles. The van der Waals surface area contributed by atoms with E-state index in [1.807, 2.05) is 0 Å². The molecule has 114 valence electrons. The summed E-state index contributed by atoms with van der Waals surface area (Å²) in [5.74, 6) is 0.550. The Hall–Kier alpha value is -0.780. The SMILES string of the molecule is CC(C)C(CCN)CCC(=O)N(C)CCC(F)(F)F. The van der Waals surface area contributed by atoms with E-state index in [0.717, 1.165) is 11.3 Å². The van der Waals surface area contributed by atoms with Gasteiger partial charge in [0.1, 0.15) is 0 Å². The number of carbonyl (C=O) groups excluding carboxylic acids is 1. The molecule has 1 unspecified atom stereocenters. The van der Waals surface area contributed by atoms with Crippen molar-refractivity contribution in [3.8, 4) is 0 Å². The number of nitrogens with two attached hydrogens (primary N) is 1. The fourth-order valence-electron chi connectivity index (χ4n) is 1.94. The van der Waals surface area contributed by atoms with Crippen molar-refractivity contribution in [3.63, 3.8) is 0 Å². The van der Waals surface area contributed by atoms with Crippen molar-refractivity contribution >= 4 is 5.91 Å². The average Bonchev–Trinajstić information content (AvgIpc) is 2.29. The first-order valence-corrected chi connectivity index (χ1v) is 6.68. The first-order chi connectivity index (χ1) is 8.67. The number of halogens is 3. The summed E-state index contributed by atoms with van der Waals surface area (Å²) in [6.45, 7) is 4.43. The van der Waals surface area contributed by atoms with Gasteiger partial charge in [0.25, 0.3) is 0 Å². The summed E-state index contributed by atoms with van der Waals surface area (Å²) in [7, 11) is 1.42. The van der Waals surface area contributed by atoms with Crippen LogP contribution in [0, 0.1) is 11.8 Å². The van der Waals surface area contributed by atoms with Crippen molar-refractivity contribution in [2.24, 2.45) is 17.6 Å². The van der Waals surface area contributed by atoms with E-state index in [-0.39, 0.29) is 18.9 Å². The smallest absolute Gasteiger partial charge is 0.345 e. The topological polar surface area (TPSA) is 46.3 Å². The Morgan fingerprint density at radius 3 is 2.26 bits per heavy atom. The molecule has 0 bridgehead atoms. The van der Waals surface area contributed by atoms with Crippen molar-refractivity contribution in [2.45, 2.75) is 45.7 Å². The van der Waals surface area contributed by atoms with Crippen LogP contribution in [-0.2, 0) is 4.79 Å². The van der Waals surface area contributed by atoms with Crippen molar-refractivity contribution in [1.82, 2.24) is 4.90 Å². The molecule has 0 radical (unpaired) electrons. The molecule has 0 rings (SSSR count). The van der Waals surface area contributed by atoms with Crippen molar-refractivity contribution in [2.75, 3.05) is 20.1 Å². The predicted molar refractivity (Wildman–Crippen MR) is 69.5 cm³/mol. The Balaban J connectivity index is 4.07. The van der Waals surface area contributed by atoms with E-state index in [4.69, 9.17) is 5.73 Å². The highest BCUT2D eigenvalue weighted by Crippen LogP contribution is 2.22. The standard InChI is InChI=1S/C13H25F3N2O/c1-10(2)11(6-8-17)4-5-12(19)18(3)9-7-13(14,15)16/h10-11H,4-9,17H2,1-3H3. The molecule has 0 heterocycles. The van der Waals surface area contributed by atoms with Gasteiger partial charge in [-0.15, -0.1) is 0 Å². The van der Waals surface area contributed by atoms with Gasteiger partial charge < -0.3 is 10.6 Å². The number of nitrogens with zero attached hydrogens (tertiary/aromatic N) is 1. The number of hydrogen-bond acceptors (Lipinski definition) is 2. The lowest BCUT2D eigenvalue weighted by Crippen LogP contribution is -2.31. The van der Waals surface area contributed by atoms with Gasteiger partial charge in [0.15, 0.2) is 0 Å². The third-order valence-electron chi connectivity index (χ3n) is 3.37. The van der Waals surface area contributed by atoms with Gasteiger partial charge in [0.05, 0.1) is 6.42 Å². The maximum Gasteiger partial charge on any atom is 0.390 e. The third-order valence-corrected chi connectivity index (χ3v) is 3.37. The molecular formula is C13H25F3N2O. The Bertz CT molecular complexity index is 267. The molecule has 0 saturated heterocycles. The molecule has 0 spiro atoms. The van der Waals surface area contributed by atoms with Gasteiger partial charge in [-0.2, -0.15) is 13.2 Å². The summed E-state index contributed by atoms with van der Waals surface area (Å²) in [6, 6.07) is 0. The van der Waals surface area contributed by atoms with Crippen LogP contribution in [0.15, 0.2) is 0 Å². The minimum Gasteiger partial charge on any atom is -0.345 e. The van der Waals surface area contributed by atoms with Crippen LogP contribution in [0.25, 0.3) is 0 Å². The van der Waals surface area contributed by atoms with Gasteiger partial charge in [-0.3, -0.25) is 4.79 Å². The van der Waals surface area contributed by atoms with Crippen molar-refractivity contribution in [1.29, 1.82) is 0 Å². The highest BCUT2D eigenvalue weighted by atomic mass is 19.4. The zero-order chi connectivity index (χ0) is 15.1.